The second-order valence-electron chi connectivity index (χ2n) is 8.81. The molecule has 160 valence electrons. The van der Waals surface area contributed by atoms with E-state index < -0.39 is 25.0 Å². The second kappa shape index (κ2) is 7.90. The lowest BCUT2D eigenvalue weighted by molar-refractivity contribution is 0.585. The summed E-state index contributed by atoms with van der Waals surface area (Å²) in [6.07, 6.45) is -3.39. The molecule has 0 spiro atoms. The summed E-state index contributed by atoms with van der Waals surface area (Å²) in [5, 5.41) is 1.40. The largest absolute Gasteiger partial charge is 0.437 e. The molecule has 3 heterocycles. The number of hydrogen-bond acceptors (Lipinski definition) is 3. The first-order valence-corrected chi connectivity index (χ1v) is 10.5. The summed E-state index contributed by atoms with van der Waals surface area (Å²) < 4.78 is 64.5. The summed E-state index contributed by atoms with van der Waals surface area (Å²) in [4.78, 5) is 8.92. The van der Waals surface area contributed by atoms with Crippen molar-refractivity contribution in [1.82, 2.24) is 9.97 Å². The fourth-order valence-electron chi connectivity index (χ4n) is 3.83. The summed E-state index contributed by atoms with van der Waals surface area (Å²) in [7, 11) is 0. The molecule has 0 aliphatic heterocycles. The highest BCUT2D eigenvalue weighted by Gasteiger charge is 2.20. The number of nitrogens with zero attached hydrogens (tertiary/aromatic N) is 2. The van der Waals surface area contributed by atoms with Gasteiger partial charge in [-0.3, -0.25) is 4.98 Å². The molecular formula is C29H28N2O. The summed E-state index contributed by atoms with van der Waals surface area (Å²) in [6, 6.07) is 18.7. The molecule has 3 nitrogen and oxygen atoms in total. The fraction of sp³-hybridized carbons (Fsp3) is 0.241. The van der Waals surface area contributed by atoms with Crippen molar-refractivity contribution in [3.63, 3.8) is 0 Å². The summed E-state index contributed by atoms with van der Waals surface area (Å²) in [6.45, 7) is 3.56. The maximum Gasteiger partial charge on any atom is 0.227 e. The van der Waals surface area contributed by atoms with Crippen molar-refractivity contribution in [3.8, 4) is 11.3 Å². The van der Waals surface area contributed by atoms with E-state index in [1.165, 1.54) is 12.3 Å². The average molecular weight is 428 g/mol. The molecular weight excluding hydrogens is 392 g/mol. The number of fused-ring (bicyclic) bond motifs is 3. The van der Waals surface area contributed by atoms with Gasteiger partial charge in [-0.25, -0.2) is 4.98 Å². The molecule has 3 heteroatoms. The molecule has 5 aromatic rings. The first-order chi connectivity index (χ1) is 18.1. The van der Waals surface area contributed by atoms with Crippen LogP contribution in [0.1, 0.15) is 52.8 Å². The highest BCUT2D eigenvalue weighted by atomic mass is 16.3. The van der Waals surface area contributed by atoms with Crippen LogP contribution in [-0.2, 0) is 18.2 Å². The van der Waals surface area contributed by atoms with E-state index in [0.29, 0.717) is 27.8 Å². The number of furan rings is 1. The van der Waals surface area contributed by atoms with Crippen LogP contribution in [0.25, 0.3) is 33.3 Å². The van der Waals surface area contributed by atoms with Crippen LogP contribution in [0.2, 0.25) is 0 Å². The number of hydrogen-bond donors (Lipinski definition) is 0. The third kappa shape index (κ3) is 3.80. The fourth-order valence-corrected chi connectivity index (χ4v) is 3.83. The number of rotatable bonds is 4. The van der Waals surface area contributed by atoms with Crippen molar-refractivity contribution in [2.24, 2.45) is 0 Å². The van der Waals surface area contributed by atoms with Gasteiger partial charge in [0.2, 0.25) is 5.71 Å². The molecule has 0 unspecified atom stereocenters. The van der Waals surface area contributed by atoms with Crippen LogP contribution >= 0.6 is 0 Å². The molecule has 0 radical (unpaired) electrons. The quantitative estimate of drug-likeness (QED) is 0.299. The third-order valence-corrected chi connectivity index (χ3v) is 5.46. The molecule has 32 heavy (non-hydrogen) atoms. The minimum atomic E-state index is -2.45. The van der Waals surface area contributed by atoms with Crippen molar-refractivity contribution in [3.05, 3.63) is 95.3 Å². The SMILES string of the molecule is [2H]C([2H])([2H])c1cnc(-c2cccc3c2oc2nc(C([2H])([2H])C([2H])([2H])c4ccccc4)ccc23)cc1C(C)(C)C. The molecule has 0 bridgehead atoms. The molecule has 0 saturated carbocycles. The van der Waals surface area contributed by atoms with Crippen LogP contribution in [0.5, 0.6) is 0 Å². The van der Waals surface area contributed by atoms with Gasteiger partial charge in [-0.15, -0.1) is 0 Å². The van der Waals surface area contributed by atoms with E-state index in [0.717, 1.165) is 5.39 Å². The van der Waals surface area contributed by atoms with Crippen LogP contribution in [0.15, 0.2) is 77.3 Å². The highest BCUT2D eigenvalue weighted by Crippen LogP contribution is 2.36. The van der Waals surface area contributed by atoms with Gasteiger partial charge in [0.05, 0.1) is 5.69 Å². The van der Waals surface area contributed by atoms with Gasteiger partial charge in [0.25, 0.3) is 0 Å². The Kier molecular flexibility index (Phi) is 3.42. The topological polar surface area (TPSA) is 38.9 Å². The lowest BCUT2D eigenvalue weighted by atomic mass is 9.84. The van der Waals surface area contributed by atoms with E-state index in [-0.39, 0.29) is 22.5 Å². The molecule has 5 rings (SSSR count). The molecule has 0 amide bonds. The van der Waals surface area contributed by atoms with Crippen LogP contribution in [0, 0.1) is 6.85 Å². The molecule has 0 fully saturated rings. The van der Waals surface area contributed by atoms with Crippen LogP contribution in [0.4, 0.5) is 0 Å². The molecule has 0 N–H and O–H groups in total. The molecule has 0 aliphatic carbocycles. The monoisotopic (exact) mass is 427 g/mol. The lowest BCUT2D eigenvalue weighted by Crippen LogP contribution is -2.13. The lowest BCUT2D eigenvalue weighted by Gasteiger charge is -2.22. The van der Waals surface area contributed by atoms with Crippen LogP contribution in [0.3, 0.4) is 0 Å². The number of pyridine rings is 2. The maximum atomic E-state index is 8.68. The first kappa shape index (κ1) is 13.8. The third-order valence-electron chi connectivity index (χ3n) is 5.46. The van der Waals surface area contributed by atoms with E-state index in [2.05, 4.69) is 9.97 Å². The zero-order valence-corrected chi connectivity index (χ0v) is 18.2. The van der Waals surface area contributed by atoms with Gasteiger partial charge >= 0.3 is 0 Å². The van der Waals surface area contributed by atoms with Gasteiger partial charge < -0.3 is 4.42 Å². The zero-order chi connectivity index (χ0) is 28.4. The zero-order valence-electron chi connectivity index (χ0n) is 25.2. The second-order valence-corrected chi connectivity index (χ2v) is 8.81. The standard InChI is InChI=1S/C29H28N2O/c1-19-18-30-26(17-25(19)29(2,3)4)24-12-8-11-22-23-16-15-21(31-28(23)32-27(22)24)14-13-20-9-6-5-7-10-20/h5-12,15-18H,13-14H2,1-4H3/i1D3,13D2,14D2. The smallest absolute Gasteiger partial charge is 0.227 e. The molecule has 0 atom stereocenters. The molecule has 0 aliphatic rings. The van der Waals surface area contributed by atoms with Gasteiger partial charge in [-0.1, -0.05) is 63.2 Å². The maximum absolute atomic E-state index is 8.68. The Balaban J connectivity index is 1.66. The van der Waals surface area contributed by atoms with Crippen molar-refractivity contribution in [2.75, 3.05) is 0 Å². The predicted octanol–water partition coefficient (Wildman–Crippen LogP) is 7.43. The average Bonchev–Trinajstić information content (AvgIpc) is 3.26. The Labute approximate surface area is 199 Å². The van der Waals surface area contributed by atoms with E-state index in [1.54, 1.807) is 42.5 Å². The van der Waals surface area contributed by atoms with E-state index >= 15 is 0 Å². The van der Waals surface area contributed by atoms with Gasteiger partial charge in [0.1, 0.15) is 5.58 Å². The first-order valence-electron chi connectivity index (χ1n) is 14.0. The van der Waals surface area contributed by atoms with Crippen molar-refractivity contribution in [2.45, 2.75) is 45.8 Å². The Morgan fingerprint density at radius 2 is 1.78 bits per heavy atom. The Morgan fingerprint density at radius 1 is 0.938 bits per heavy atom. The van der Waals surface area contributed by atoms with E-state index in [1.807, 2.05) is 39.0 Å². The minimum absolute atomic E-state index is 0.0837. The normalized spacial score (nSPS) is 16.5. The Bertz CT molecular complexity index is 1680. The van der Waals surface area contributed by atoms with Gasteiger partial charge in [-0.05, 0) is 66.0 Å². The minimum Gasteiger partial charge on any atom is -0.437 e. The molecule has 3 aromatic heterocycles. The van der Waals surface area contributed by atoms with Crippen LogP contribution < -0.4 is 0 Å². The molecule has 0 saturated heterocycles. The van der Waals surface area contributed by atoms with Gasteiger partial charge in [-0.2, -0.15) is 0 Å². The van der Waals surface area contributed by atoms with E-state index in [9.17, 15) is 0 Å². The van der Waals surface area contributed by atoms with Crippen molar-refractivity contribution >= 4 is 22.1 Å². The number of aryl methyl sites for hydroxylation is 3. The molecule has 2 aromatic carbocycles. The summed E-state index contributed by atoms with van der Waals surface area (Å²) in [5.41, 5.74) is 2.42. The Hall–Kier alpha value is -3.46. The van der Waals surface area contributed by atoms with Crippen molar-refractivity contribution < 1.29 is 14.0 Å². The number of benzene rings is 2. The van der Waals surface area contributed by atoms with E-state index in [4.69, 9.17) is 14.0 Å². The highest BCUT2D eigenvalue weighted by molar-refractivity contribution is 6.08. The number of aromatic nitrogens is 2. The number of para-hydroxylation sites is 1. The predicted molar refractivity (Wildman–Crippen MR) is 132 cm³/mol. The van der Waals surface area contributed by atoms with Crippen LogP contribution in [-0.4, -0.2) is 9.97 Å². The summed E-state index contributed by atoms with van der Waals surface area (Å²) in [5.74, 6) is 0. The van der Waals surface area contributed by atoms with Gasteiger partial charge in [0.15, 0.2) is 0 Å². The van der Waals surface area contributed by atoms with Crippen molar-refractivity contribution in [1.29, 1.82) is 0 Å². The summed E-state index contributed by atoms with van der Waals surface area (Å²) >= 11 is 0. The van der Waals surface area contributed by atoms with Gasteiger partial charge in [0, 0.05) is 37.8 Å². The Morgan fingerprint density at radius 3 is 2.56 bits per heavy atom.